The van der Waals surface area contributed by atoms with Gasteiger partial charge in [-0.15, -0.1) is 0 Å². The highest BCUT2D eigenvalue weighted by Gasteiger charge is 2.42. The number of hydrogen-bond donors (Lipinski definition) is 1. The first-order valence-corrected chi connectivity index (χ1v) is 18.4. The van der Waals surface area contributed by atoms with E-state index in [2.05, 4.69) is 159 Å². The molecule has 0 aromatic heterocycles. The molecule has 0 fully saturated rings. The molecule has 0 saturated heterocycles. The summed E-state index contributed by atoms with van der Waals surface area (Å²) >= 11 is 0. The van der Waals surface area contributed by atoms with Gasteiger partial charge in [-0.1, -0.05) is 117 Å². The number of nitriles is 2. The maximum atomic E-state index is 10.5. The van der Waals surface area contributed by atoms with Crippen molar-refractivity contribution in [2.24, 2.45) is 17.3 Å². The summed E-state index contributed by atoms with van der Waals surface area (Å²) in [5, 5.41) is 24.1. The average molecular weight is 679 g/mol. The van der Waals surface area contributed by atoms with E-state index in [0.29, 0.717) is 23.0 Å². The maximum Gasteiger partial charge on any atom is 0.101 e. The number of fused-ring (bicyclic) bond motifs is 3. The van der Waals surface area contributed by atoms with Gasteiger partial charge in [0, 0.05) is 28.8 Å². The second-order valence-corrected chi connectivity index (χ2v) is 14.9. The topological polar surface area (TPSA) is 62.9 Å². The lowest BCUT2D eigenvalue weighted by Gasteiger charge is -2.46. The fraction of sp³-hybridized carbons (Fsp3) is 0.250. The Bertz CT molecular complexity index is 2210. The summed E-state index contributed by atoms with van der Waals surface area (Å²) in [5.74, 6) is 0.978. The van der Waals surface area contributed by atoms with E-state index < -0.39 is 0 Å². The van der Waals surface area contributed by atoms with Crippen LogP contribution in [0, 0.1) is 39.9 Å². The minimum Gasteiger partial charge on any atom is -0.381 e. The normalized spacial score (nSPS) is 26.0. The van der Waals surface area contributed by atoms with E-state index in [-0.39, 0.29) is 23.4 Å². The molecule has 0 radical (unpaired) electrons. The molecular weight excluding hydrogens is 633 g/mol. The first-order valence-electron chi connectivity index (χ1n) is 18.4. The standard InChI is InChI=1S/C48H46N4/c1-32(2)20-23-43(51-47-19-10-11-26-48(47,5)42-17-8-6-13-33(42)3)34(4)36-14-12-15-37(28-36)38-22-25-44(39(29-38)31-50)52-45-18-9-7-16-40(45)41-27-35(30-49)21-24-46(41)52/h6-9,11-18,20-29,33,40,42,45,47,51H,1,10,19H2,2-5H3/b23-20-,43-34-/t33?,40?,42?,45?,47?,48-/m0/s1. The molecule has 0 bridgehead atoms. The smallest absolute Gasteiger partial charge is 0.101 e. The van der Waals surface area contributed by atoms with Crippen molar-refractivity contribution in [2.45, 2.75) is 58.5 Å². The summed E-state index contributed by atoms with van der Waals surface area (Å²) in [6.45, 7) is 13.1. The van der Waals surface area contributed by atoms with E-state index >= 15 is 0 Å². The Hall–Kier alpha value is -5.84. The predicted octanol–water partition coefficient (Wildman–Crippen LogP) is 11.4. The number of hydrogen-bond acceptors (Lipinski definition) is 4. The highest BCUT2D eigenvalue weighted by atomic mass is 15.2. The van der Waals surface area contributed by atoms with Crippen molar-refractivity contribution in [1.82, 2.24) is 5.32 Å². The molecule has 258 valence electrons. The first-order chi connectivity index (χ1) is 25.2. The van der Waals surface area contributed by atoms with Gasteiger partial charge in [-0.05, 0) is 109 Å². The minimum atomic E-state index is -0.0452. The Balaban J connectivity index is 1.23. The first kappa shape index (κ1) is 34.6. The Morgan fingerprint density at radius 3 is 2.44 bits per heavy atom. The van der Waals surface area contributed by atoms with Gasteiger partial charge in [0.2, 0.25) is 0 Å². The molecule has 6 atom stereocenters. The van der Waals surface area contributed by atoms with E-state index in [4.69, 9.17) is 0 Å². The summed E-state index contributed by atoms with van der Waals surface area (Å²) < 4.78 is 0. The molecule has 1 aliphatic heterocycles. The third-order valence-electron chi connectivity index (χ3n) is 11.4. The van der Waals surface area contributed by atoms with Crippen LogP contribution in [0.2, 0.25) is 0 Å². The lowest BCUT2D eigenvalue weighted by atomic mass is 9.62. The monoisotopic (exact) mass is 678 g/mol. The summed E-state index contributed by atoms with van der Waals surface area (Å²) in [7, 11) is 0. The molecule has 1 heterocycles. The van der Waals surface area contributed by atoms with Crippen LogP contribution >= 0.6 is 0 Å². The van der Waals surface area contributed by atoms with Gasteiger partial charge < -0.3 is 10.2 Å². The van der Waals surface area contributed by atoms with Crippen LogP contribution in [0.25, 0.3) is 16.7 Å². The van der Waals surface area contributed by atoms with Crippen molar-refractivity contribution in [3.05, 3.63) is 174 Å². The molecule has 0 amide bonds. The molecule has 0 spiro atoms. The molecule has 1 N–H and O–H groups in total. The summed E-state index contributed by atoms with van der Waals surface area (Å²) in [5.41, 5.74) is 10.7. The maximum absolute atomic E-state index is 10.5. The van der Waals surface area contributed by atoms with Gasteiger partial charge in [0.1, 0.15) is 6.07 Å². The van der Waals surface area contributed by atoms with E-state index in [1.54, 1.807) is 0 Å². The molecule has 5 unspecified atom stereocenters. The molecular formula is C48H46N4. The second-order valence-electron chi connectivity index (χ2n) is 14.9. The van der Waals surface area contributed by atoms with Gasteiger partial charge in [0.05, 0.1) is 28.9 Å². The zero-order valence-corrected chi connectivity index (χ0v) is 30.6. The Labute approximate surface area is 309 Å². The number of anilines is 2. The second kappa shape index (κ2) is 14.4. The van der Waals surface area contributed by atoms with Crippen LogP contribution in [0.3, 0.4) is 0 Å². The Morgan fingerprint density at radius 2 is 1.65 bits per heavy atom. The van der Waals surface area contributed by atoms with Crippen molar-refractivity contribution in [1.29, 1.82) is 10.5 Å². The predicted molar refractivity (Wildman–Crippen MR) is 216 cm³/mol. The summed E-state index contributed by atoms with van der Waals surface area (Å²) in [4.78, 5) is 2.26. The van der Waals surface area contributed by atoms with Crippen LogP contribution < -0.4 is 10.2 Å². The molecule has 7 rings (SSSR count). The van der Waals surface area contributed by atoms with E-state index in [1.807, 2.05) is 31.2 Å². The van der Waals surface area contributed by atoms with Gasteiger partial charge in [-0.2, -0.15) is 10.5 Å². The van der Waals surface area contributed by atoms with Gasteiger partial charge >= 0.3 is 0 Å². The zero-order valence-electron chi connectivity index (χ0n) is 30.6. The third kappa shape index (κ3) is 6.42. The van der Waals surface area contributed by atoms with Crippen molar-refractivity contribution < 1.29 is 0 Å². The van der Waals surface area contributed by atoms with Crippen LogP contribution in [-0.2, 0) is 0 Å². The van der Waals surface area contributed by atoms with Gasteiger partial charge in [-0.3, -0.25) is 0 Å². The highest BCUT2D eigenvalue weighted by molar-refractivity contribution is 5.82. The van der Waals surface area contributed by atoms with Gasteiger partial charge in [0.15, 0.2) is 0 Å². The van der Waals surface area contributed by atoms with Crippen LogP contribution in [0.15, 0.2) is 151 Å². The third-order valence-corrected chi connectivity index (χ3v) is 11.4. The number of rotatable bonds is 8. The average Bonchev–Trinajstić information content (AvgIpc) is 3.50. The van der Waals surface area contributed by atoms with Crippen molar-refractivity contribution in [3.8, 4) is 23.3 Å². The van der Waals surface area contributed by atoms with Crippen LogP contribution in [0.4, 0.5) is 11.4 Å². The molecule has 3 aromatic rings. The molecule has 0 saturated carbocycles. The largest absolute Gasteiger partial charge is 0.381 e. The van der Waals surface area contributed by atoms with Crippen LogP contribution in [-0.4, -0.2) is 12.1 Å². The molecule has 52 heavy (non-hydrogen) atoms. The number of nitrogens with one attached hydrogen (secondary N) is 1. The molecule has 3 aliphatic carbocycles. The SMILES string of the molecule is C=C(C)/C=C\C(NC1CCC=C[C@@]1(C)C1C=CC=CC1C)=C(/C)c1cccc(-c2ccc(N3c4ccc(C#N)cc4C4C=CC=CC43)c(C#N)c2)c1. The van der Waals surface area contributed by atoms with Crippen molar-refractivity contribution in [2.75, 3.05) is 4.90 Å². The van der Waals surface area contributed by atoms with Gasteiger partial charge in [-0.25, -0.2) is 0 Å². The van der Waals surface area contributed by atoms with Crippen LogP contribution in [0.5, 0.6) is 0 Å². The lowest BCUT2D eigenvalue weighted by molar-refractivity contribution is 0.173. The Morgan fingerprint density at radius 1 is 0.885 bits per heavy atom. The van der Waals surface area contributed by atoms with E-state index in [1.165, 1.54) is 0 Å². The van der Waals surface area contributed by atoms with E-state index in [9.17, 15) is 10.5 Å². The zero-order chi connectivity index (χ0) is 36.4. The fourth-order valence-corrected chi connectivity index (χ4v) is 8.58. The van der Waals surface area contributed by atoms with Crippen molar-refractivity contribution in [3.63, 3.8) is 0 Å². The molecule has 4 nitrogen and oxygen atoms in total. The molecule has 3 aromatic carbocycles. The van der Waals surface area contributed by atoms with E-state index in [0.717, 1.165) is 63.3 Å². The summed E-state index contributed by atoms with van der Waals surface area (Å²) in [6, 6.07) is 25.8. The van der Waals surface area contributed by atoms with Crippen molar-refractivity contribution >= 4 is 16.9 Å². The number of allylic oxidation sites excluding steroid dienone is 11. The highest BCUT2D eigenvalue weighted by Crippen LogP contribution is 2.49. The number of benzene rings is 3. The minimum absolute atomic E-state index is 0.0384. The van der Waals surface area contributed by atoms with Crippen LogP contribution in [0.1, 0.15) is 68.7 Å². The molecule has 4 aliphatic rings. The number of nitrogens with zero attached hydrogens (tertiary/aromatic N) is 3. The van der Waals surface area contributed by atoms with Gasteiger partial charge in [0.25, 0.3) is 0 Å². The quantitative estimate of drug-likeness (QED) is 0.190. The lowest BCUT2D eigenvalue weighted by Crippen LogP contribution is -2.49. The molecule has 4 heteroatoms. The Kier molecular flexibility index (Phi) is 9.59. The fourth-order valence-electron chi connectivity index (χ4n) is 8.58. The summed E-state index contributed by atoms with van der Waals surface area (Å²) in [6.07, 6.45) is 28.8.